The van der Waals surface area contributed by atoms with Gasteiger partial charge in [-0.15, -0.1) is 0 Å². The monoisotopic (exact) mass is 494 g/mol. The quantitative estimate of drug-likeness (QED) is 0.423. The second-order valence-electron chi connectivity index (χ2n) is 7.83. The Morgan fingerprint density at radius 1 is 1.24 bits per heavy atom. The van der Waals surface area contributed by atoms with Crippen molar-refractivity contribution in [1.29, 1.82) is 0 Å². The minimum atomic E-state index is -0.336. The molecule has 0 saturated carbocycles. The molecule has 2 aromatic rings. The van der Waals surface area contributed by atoms with Crippen molar-refractivity contribution in [2.24, 2.45) is 0 Å². The Hall–Kier alpha value is -2.09. The lowest BCUT2D eigenvalue weighted by Gasteiger charge is -2.29. The van der Waals surface area contributed by atoms with Crippen molar-refractivity contribution in [3.05, 3.63) is 58.4 Å². The molecule has 0 spiro atoms. The number of ether oxygens (including phenoxy) is 3. The summed E-state index contributed by atoms with van der Waals surface area (Å²) in [6.07, 6.45) is 2.76. The zero-order valence-corrected chi connectivity index (χ0v) is 20.8. The Bertz CT molecular complexity index is 904. The van der Waals surface area contributed by atoms with Crippen molar-refractivity contribution in [2.45, 2.75) is 45.8 Å². The van der Waals surface area contributed by atoms with Gasteiger partial charge in [-0.3, -0.25) is 0 Å². The molecular formula is C25H32ClFN2O3S. The summed E-state index contributed by atoms with van der Waals surface area (Å²) in [4.78, 5) is 1.94. The molecule has 0 aliphatic carbocycles. The van der Waals surface area contributed by atoms with E-state index in [1.165, 1.54) is 6.07 Å². The first kappa shape index (κ1) is 25.5. The van der Waals surface area contributed by atoms with Gasteiger partial charge in [0.2, 0.25) is 0 Å². The van der Waals surface area contributed by atoms with Gasteiger partial charge in [0.05, 0.1) is 19.3 Å². The predicted octanol–water partition coefficient (Wildman–Crippen LogP) is 5.37. The highest BCUT2D eigenvalue weighted by Crippen LogP contribution is 2.25. The normalized spacial score (nSPS) is 15.3. The summed E-state index contributed by atoms with van der Waals surface area (Å²) in [6.45, 7) is 7.32. The Kier molecular flexibility index (Phi) is 10.0. The lowest BCUT2D eigenvalue weighted by molar-refractivity contribution is 0.0895. The van der Waals surface area contributed by atoms with Crippen molar-refractivity contribution in [3.63, 3.8) is 0 Å². The molecule has 33 heavy (non-hydrogen) atoms. The molecule has 0 amide bonds. The summed E-state index contributed by atoms with van der Waals surface area (Å²) >= 11 is 12.0. The summed E-state index contributed by atoms with van der Waals surface area (Å²) in [5.41, 5.74) is 1.48. The molecule has 1 saturated heterocycles. The van der Waals surface area contributed by atoms with E-state index in [9.17, 15) is 4.39 Å². The second kappa shape index (κ2) is 13.0. The van der Waals surface area contributed by atoms with Crippen LogP contribution >= 0.6 is 23.8 Å². The number of thiocarbonyl (C=S) groups is 1. The summed E-state index contributed by atoms with van der Waals surface area (Å²) in [6, 6.07) is 10.6. The number of rotatable bonds is 11. The minimum absolute atomic E-state index is 0.0720. The molecule has 3 rings (SSSR count). The van der Waals surface area contributed by atoms with Crippen LogP contribution in [0.5, 0.6) is 11.5 Å². The number of hydrogen-bond donors (Lipinski definition) is 1. The van der Waals surface area contributed by atoms with E-state index in [1.54, 1.807) is 12.1 Å². The molecule has 1 N–H and O–H groups in total. The maximum absolute atomic E-state index is 14.4. The van der Waals surface area contributed by atoms with Gasteiger partial charge in [-0.1, -0.05) is 17.7 Å². The summed E-state index contributed by atoms with van der Waals surface area (Å²) in [7, 11) is 0. The average Bonchev–Trinajstić information content (AvgIpc) is 3.30. The van der Waals surface area contributed by atoms with Gasteiger partial charge >= 0.3 is 0 Å². The standard InChI is InChI=1S/C25H32ClFN2O3S/c1-3-30-19-10-11-24(31-4-2)18(15-19)12-13-28-25(33)29(16-20-7-6-14-32-20)17-21-22(26)8-5-9-23(21)27/h5,8-11,15,20H,3-4,6-7,12-14,16-17H2,1-2H3,(H,28,33). The van der Waals surface area contributed by atoms with Gasteiger partial charge in [0.25, 0.3) is 0 Å². The van der Waals surface area contributed by atoms with E-state index in [1.807, 2.05) is 36.9 Å². The van der Waals surface area contributed by atoms with Crippen molar-refractivity contribution in [2.75, 3.05) is 32.9 Å². The fourth-order valence-electron chi connectivity index (χ4n) is 3.85. The van der Waals surface area contributed by atoms with Crippen molar-refractivity contribution in [1.82, 2.24) is 10.2 Å². The Labute approximate surface area is 206 Å². The summed E-state index contributed by atoms with van der Waals surface area (Å²) in [5.74, 6) is 1.31. The van der Waals surface area contributed by atoms with Gasteiger partial charge in [0, 0.05) is 36.8 Å². The largest absolute Gasteiger partial charge is 0.494 e. The first-order valence-corrected chi connectivity index (χ1v) is 12.3. The van der Waals surface area contributed by atoms with E-state index in [0.29, 0.717) is 48.4 Å². The minimum Gasteiger partial charge on any atom is -0.494 e. The topological polar surface area (TPSA) is 43.0 Å². The molecule has 2 aromatic carbocycles. The Morgan fingerprint density at radius 2 is 2.06 bits per heavy atom. The fraction of sp³-hybridized carbons (Fsp3) is 0.480. The van der Waals surface area contributed by atoms with Crippen LogP contribution in [0.15, 0.2) is 36.4 Å². The molecule has 1 aliphatic heterocycles. The average molecular weight is 495 g/mol. The Balaban J connectivity index is 1.67. The number of hydrogen-bond acceptors (Lipinski definition) is 4. The van der Waals surface area contributed by atoms with Crippen LogP contribution in [0.25, 0.3) is 0 Å². The lowest BCUT2D eigenvalue weighted by Crippen LogP contribution is -2.43. The van der Waals surface area contributed by atoms with Crippen LogP contribution in [-0.2, 0) is 17.7 Å². The fourth-order valence-corrected chi connectivity index (χ4v) is 4.31. The highest BCUT2D eigenvalue weighted by atomic mass is 35.5. The predicted molar refractivity (Wildman–Crippen MR) is 134 cm³/mol. The maximum Gasteiger partial charge on any atom is 0.169 e. The molecule has 180 valence electrons. The van der Waals surface area contributed by atoms with Crippen LogP contribution in [-0.4, -0.2) is 49.0 Å². The van der Waals surface area contributed by atoms with Gasteiger partial charge in [-0.2, -0.15) is 0 Å². The molecule has 1 atom stereocenters. The van der Waals surface area contributed by atoms with E-state index < -0.39 is 0 Å². The summed E-state index contributed by atoms with van der Waals surface area (Å²) < 4.78 is 31.7. The first-order chi connectivity index (χ1) is 16.0. The van der Waals surface area contributed by atoms with Crippen LogP contribution < -0.4 is 14.8 Å². The van der Waals surface area contributed by atoms with Crippen molar-refractivity contribution < 1.29 is 18.6 Å². The third-order valence-corrected chi connectivity index (χ3v) is 6.22. The van der Waals surface area contributed by atoms with Crippen LogP contribution in [0.4, 0.5) is 4.39 Å². The van der Waals surface area contributed by atoms with Crippen LogP contribution in [0.2, 0.25) is 5.02 Å². The van der Waals surface area contributed by atoms with E-state index in [2.05, 4.69) is 5.32 Å². The molecule has 5 nitrogen and oxygen atoms in total. The van der Waals surface area contributed by atoms with E-state index >= 15 is 0 Å². The number of halogens is 2. The van der Waals surface area contributed by atoms with Crippen LogP contribution in [0, 0.1) is 5.82 Å². The van der Waals surface area contributed by atoms with Crippen molar-refractivity contribution in [3.8, 4) is 11.5 Å². The second-order valence-corrected chi connectivity index (χ2v) is 8.63. The number of benzene rings is 2. The highest BCUT2D eigenvalue weighted by Gasteiger charge is 2.23. The summed E-state index contributed by atoms with van der Waals surface area (Å²) in [5, 5.41) is 4.26. The molecule has 8 heteroatoms. The van der Waals surface area contributed by atoms with Crippen molar-refractivity contribution >= 4 is 28.9 Å². The lowest BCUT2D eigenvalue weighted by atomic mass is 10.1. The van der Waals surface area contributed by atoms with Crippen LogP contribution in [0.3, 0.4) is 0 Å². The third kappa shape index (κ3) is 7.45. The van der Waals surface area contributed by atoms with E-state index in [0.717, 1.165) is 36.5 Å². The number of nitrogens with zero attached hydrogens (tertiary/aromatic N) is 1. The van der Waals surface area contributed by atoms with Gasteiger partial charge < -0.3 is 24.4 Å². The van der Waals surface area contributed by atoms with Gasteiger partial charge in [-0.25, -0.2) is 4.39 Å². The highest BCUT2D eigenvalue weighted by molar-refractivity contribution is 7.80. The molecule has 1 aliphatic rings. The molecular weight excluding hydrogens is 463 g/mol. The molecule has 0 bridgehead atoms. The van der Waals surface area contributed by atoms with Gasteiger partial charge in [0.1, 0.15) is 17.3 Å². The molecule has 0 aromatic heterocycles. The van der Waals surface area contributed by atoms with E-state index in [4.69, 9.17) is 38.0 Å². The smallest absolute Gasteiger partial charge is 0.169 e. The molecule has 1 fully saturated rings. The number of nitrogens with one attached hydrogen (secondary N) is 1. The van der Waals surface area contributed by atoms with E-state index in [-0.39, 0.29) is 18.5 Å². The molecule has 0 radical (unpaired) electrons. The maximum atomic E-state index is 14.4. The molecule has 1 heterocycles. The Morgan fingerprint density at radius 3 is 2.76 bits per heavy atom. The SMILES string of the molecule is CCOc1ccc(OCC)c(CCNC(=S)N(Cc2c(F)cccc2Cl)CC2CCCO2)c1. The first-order valence-electron chi connectivity index (χ1n) is 11.5. The zero-order chi connectivity index (χ0) is 23.6. The zero-order valence-electron chi connectivity index (χ0n) is 19.2. The third-order valence-electron chi connectivity index (χ3n) is 5.46. The molecule has 1 unspecified atom stereocenters. The van der Waals surface area contributed by atoms with Gasteiger partial charge in [-0.05, 0) is 81.2 Å². The van der Waals surface area contributed by atoms with Gasteiger partial charge in [0.15, 0.2) is 5.11 Å². The van der Waals surface area contributed by atoms with Crippen LogP contribution in [0.1, 0.15) is 37.8 Å².